The Kier molecular flexibility index (Phi) is 7.24. The SMILES string of the molecule is CC(C)c1nn(-c2ccnc(N3CCOCC3)c2)c2nc(C(=O)O)cc(-c3ccc(N4CCC(C#N)CC4)nc3)c12. The Hall–Kier alpha value is -4.56. The van der Waals surface area contributed by atoms with Crippen molar-refractivity contribution in [1.82, 2.24) is 24.7 Å². The third-order valence-corrected chi connectivity index (χ3v) is 7.80. The van der Waals surface area contributed by atoms with Gasteiger partial charge in [-0.3, -0.25) is 0 Å². The molecule has 0 atom stereocenters. The minimum atomic E-state index is -1.11. The summed E-state index contributed by atoms with van der Waals surface area (Å²) < 4.78 is 7.22. The third-order valence-electron chi connectivity index (χ3n) is 7.80. The van der Waals surface area contributed by atoms with Crippen LogP contribution in [0.1, 0.15) is 48.8 Å². The van der Waals surface area contributed by atoms with Crippen LogP contribution < -0.4 is 9.80 Å². The predicted octanol–water partition coefficient (Wildman–Crippen LogP) is 4.28. The molecule has 2 fully saturated rings. The fourth-order valence-corrected chi connectivity index (χ4v) is 5.54. The second-order valence-corrected chi connectivity index (χ2v) is 10.8. The topological polar surface area (TPSA) is 133 Å². The van der Waals surface area contributed by atoms with Gasteiger partial charge in [-0.05, 0) is 48.6 Å². The number of morpholine rings is 1. The van der Waals surface area contributed by atoms with E-state index in [1.165, 1.54) is 0 Å². The number of fused-ring (bicyclic) bond motifs is 1. The summed E-state index contributed by atoms with van der Waals surface area (Å²) in [5, 5.41) is 25.0. The second-order valence-electron chi connectivity index (χ2n) is 10.8. The van der Waals surface area contributed by atoms with Crippen LogP contribution in [0.25, 0.3) is 27.8 Å². The lowest BCUT2D eigenvalue weighted by atomic mass is 9.97. The minimum Gasteiger partial charge on any atom is -0.477 e. The lowest BCUT2D eigenvalue weighted by Crippen LogP contribution is -2.36. The maximum Gasteiger partial charge on any atom is 0.354 e. The number of carbonyl (C=O) groups is 1. The average Bonchev–Trinajstić information content (AvgIpc) is 3.41. The number of carboxylic acid groups (broad SMARTS) is 1. The number of hydrogen-bond acceptors (Lipinski definition) is 9. The van der Waals surface area contributed by atoms with Crippen molar-refractivity contribution < 1.29 is 14.6 Å². The first-order chi connectivity index (χ1) is 19.9. The molecule has 0 bridgehead atoms. The molecule has 11 heteroatoms. The summed E-state index contributed by atoms with van der Waals surface area (Å²) in [6, 6.07) is 11.7. The van der Waals surface area contributed by atoms with Gasteiger partial charge in [0.1, 0.15) is 11.6 Å². The van der Waals surface area contributed by atoms with Gasteiger partial charge >= 0.3 is 5.97 Å². The number of aromatic nitrogens is 5. The molecule has 6 rings (SSSR count). The highest BCUT2D eigenvalue weighted by molar-refractivity contribution is 6.00. The van der Waals surface area contributed by atoms with Gasteiger partial charge in [0.15, 0.2) is 11.3 Å². The highest BCUT2D eigenvalue weighted by atomic mass is 16.5. The molecule has 2 saturated heterocycles. The van der Waals surface area contributed by atoms with Gasteiger partial charge in [0.05, 0.1) is 36.1 Å². The van der Waals surface area contributed by atoms with Crippen molar-refractivity contribution in [1.29, 1.82) is 5.26 Å². The van der Waals surface area contributed by atoms with Gasteiger partial charge in [-0.2, -0.15) is 10.4 Å². The van der Waals surface area contributed by atoms with Gasteiger partial charge < -0.3 is 19.6 Å². The summed E-state index contributed by atoms with van der Waals surface area (Å²) in [5.74, 6) is 0.709. The van der Waals surface area contributed by atoms with Crippen LogP contribution in [0.4, 0.5) is 11.6 Å². The van der Waals surface area contributed by atoms with Gasteiger partial charge in [-0.1, -0.05) is 13.8 Å². The zero-order valence-electron chi connectivity index (χ0n) is 23.2. The van der Waals surface area contributed by atoms with E-state index < -0.39 is 5.97 Å². The van der Waals surface area contributed by atoms with Crippen LogP contribution in [0.2, 0.25) is 0 Å². The van der Waals surface area contributed by atoms with Gasteiger partial charge in [0, 0.05) is 56.1 Å². The van der Waals surface area contributed by atoms with Crippen LogP contribution in [0, 0.1) is 17.2 Å². The number of nitriles is 1. The summed E-state index contributed by atoms with van der Waals surface area (Å²) in [4.78, 5) is 30.5. The van der Waals surface area contributed by atoms with E-state index in [-0.39, 0.29) is 17.5 Å². The van der Waals surface area contributed by atoms with Crippen LogP contribution in [0.5, 0.6) is 0 Å². The molecule has 11 nitrogen and oxygen atoms in total. The van der Waals surface area contributed by atoms with Crippen molar-refractivity contribution in [3.8, 4) is 22.9 Å². The monoisotopic (exact) mass is 552 g/mol. The molecule has 0 aromatic carbocycles. The quantitative estimate of drug-likeness (QED) is 0.369. The number of hydrogen-bond donors (Lipinski definition) is 1. The molecule has 4 aromatic rings. The maximum absolute atomic E-state index is 12.2. The first-order valence-electron chi connectivity index (χ1n) is 14.0. The molecule has 0 saturated carbocycles. The predicted molar refractivity (Wildman–Crippen MR) is 155 cm³/mol. The van der Waals surface area contributed by atoms with E-state index in [1.54, 1.807) is 23.1 Å². The van der Waals surface area contributed by atoms with E-state index in [1.807, 2.05) is 24.3 Å². The molecule has 0 spiro atoms. The second kappa shape index (κ2) is 11.1. The van der Waals surface area contributed by atoms with Crippen LogP contribution in [0.3, 0.4) is 0 Å². The molecular weight excluding hydrogens is 520 g/mol. The van der Waals surface area contributed by atoms with E-state index in [2.05, 4.69) is 39.7 Å². The van der Waals surface area contributed by atoms with Crippen LogP contribution in [-0.4, -0.2) is 75.2 Å². The fraction of sp³-hybridized carbons (Fsp3) is 0.400. The van der Waals surface area contributed by atoms with Crippen LogP contribution in [0.15, 0.2) is 42.7 Å². The average molecular weight is 553 g/mol. The summed E-state index contributed by atoms with van der Waals surface area (Å²) in [6.07, 6.45) is 5.18. The van der Waals surface area contributed by atoms with Crippen molar-refractivity contribution in [3.63, 3.8) is 0 Å². The number of aromatic carboxylic acids is 1. The molecule has 4 aromatic heterocycles. The molecule has 6 heterocycles. The number of pyridine rings is 3. The number of nitrogens with zero attached hydrogens (tertiary/aromatic N) is 8. The first-order valence-corrected chi connectivity index (χ1v) is 14.0. The minimum absolute atomic E-state index is 0.0594. The lowest BCUT2D eigenvalue weighted by molar-refractivity contribution is 0.0691. The summed E-state index contributed by atoms with van der Waals surface area (Å²) >= 11 is 0. The third kappa shape index (κ3) is 5.18. The van der Waals surface area contributed by atoms with Gasteiger partial charge in [0.2, 0.25) is 0 Å². The first kappa shape index (κ1) is 26.7. The van der Waals surface area contributed by atoms with Crippen molar-refractivity contribution in [2.24, 2.45) is 5.92 Å². The van der Waals surface area contributed by atoms with Gasteiger partial charge in [-0.25, -0.2) is 24.4 Å². The summed E-state index contributed by atoms with van der Waals surface area (Å²) in [6.45, 7) is 8.50. The van der Waals surface area contributed by atoms with E-state index in [0.717, 1.165) is 78.6 Å². The van der Waals surface area contributed by atoms with E-state index >= 15 is 0 Å². The standard InChI is InChI=1S/C30H32N8O3/c1-19(2)28-27-23(21-3-4-25(33-18-21)36-9-6-20(17-31)7-10-36)16-24(30(39)40)34-29(27)38(35-28)22-5-8-32-26(15-22)37-11-13-41-14-12-37/h3-5,8,15-16,18-20H,6-7,9-14H2,1-2H3,(H,39,40). The number of piperidine rings is 1. The number of anilines is 2. The largest absolute Gasteiger partial charge is 0.477 e. The Morgan fingerprint density at radius 3 is 2.46 bits per heavy atom. The van der Waals surface area contributed by atoms with Crippen molar-refractivity contribution in [3.05, 3.63) is 54.1 Å². The Labute approximate surface area is 238 Å². The van der Waals surface area contributed by atoms with Crippen molar-refractivity contribution >= 4 is 28.6 Å². The molecular formula is C30H32N8O3. The van der Waals surface area contributed by atoms with Gasteiger partial charge in [0.25, 0.3) is 0 Å². The van der Waals surface area contributed by atoms with Crippen LogP contribution in [-0.2, 0) is 4.74 Å². The highest BCUT2D eigenvalue weighted by Gasteiger charge is 2.25. The summed E-state index contributed by atoms with van der Waals surface area (Å²) in [7, 11) is 0. The molecule has 0 radical (unpaired) electrons. The molecule has 41 heavy (non-hydrogen) atoms. The highest BCUT2D eigenvalue weighted by Crippen LogP contribution is 2.36. The van der Waals surface area contributed by atoms with Crippen LogP contribution >= 0.6 is 0 Å². The lowest BCUT2D eigenvalue weighted by Gasteiger charge is -2.30. The number of ether oxygens (including phenoxy) is 1. The molecule has 2 aliphatic heterocycles. The fourth-order valence-electron chi connectivity index (χ4n) is 5.54. The molecule has 0 unspecified atom stereocenters. The normalized spacial score (nSPS) is 16.3. The smallest absolute Gasteiger partial charge is 0.354 e. The number of rotatable bonds is 6. The Morgan fingerprint density at radius 2 is 1.80 bits per heavy atom. The van der Waals surface area contributed by atoms with E-state index in [0.29, 0.717) is 18.9 Å². The van der Waals surface area contributed by atoms with Crippen molar-refractivity contribution in [2.75, 3.05) is 49.2 Å². The Morgan fingerprint density at radius 1 is 1.05 bits per heavy atom. The van der Waals surface area contributed by atoms with Crippen molar-refractivity contribution in [2.45, 2.75) is 32.6 Å². The molecule has 1 N–H and O–H groups in total. The maximum atomic E-state index is 12.2. The Balaban J connectivity index is 1.45. The Bertz CT molecular complexity index is 1610. The number of carboxylic acids is 1. The summed E-state index contributed by atoms with van der Waals surface area (Å²) in [5.41, 5.74) is 3.52. The zero-order valence-corrected chi connectivity index (χ0v) is 23.2. The zero-order chi connectivity index (χ0) is 28.5. The van der Waals surface area contributed by atoms with Gasteiger partial charge in [-0.15, -0.1) is 0 Å². The molecule has 0 aliphatic carbocycles. The molecule has 0 amide bonds. The molecule has 210 valence electrons. The van der Waals surface area contributed by atoms with E-state index in [9.17, 15) is 15.2 Å². The van der Waals surface area contributed by atoms with E-state index in [4.69, 9.17) is 14.8 Å². The molecule has 2 aliphatic rings.